The lowest BCUT2D eigenvalue weighted by atomic mass is 10.2. The van der Waals surface area contributed by atoms with E-state index in [1.807, 2.05) is 6.92 Å². The zero-order valence-electron chi connectivity index (χ0n) is 14.8. The van der Waals surface area contributed by atoms with Gasteiger partial charge in [-0.05, 0) is 38.1 Å². The molecule has 26 heavy (non-hydrogen) atoms. The SMILES string of the molecule is CCn1cc(C(=O)Nc2ccc(S(=O)(=O)N3CCOCC3)cc2)c(C)n1. The first-order chi connectivity index (χ1) is 12.4. The fraction of sp³-hybridized carbons (Fsp3) is 0.412. The number of sulfonamides is 1. The Morgan fingerprint density at radius 3 is 2.46 bits per heavy atom. The van der Waals surface area contributed by atoms with E-state index in [1.165, 1.54) is 16.4 Å². The molecule has 140 valence electrons. The van der Waals surface area contributed by atoms with Gasteiger partial charge in [-0.25, -0.2) is 8.42 Å². The number of nitrogens with one attached hydrogen (secondary N) is 1. The van der Waals surface area contributed by atoms with Crippen molar-refractivity contribution in [2.75, 3.05) is 31.6 Å². The monoisotopic (exact) mass is 378 g/mol. The number of amides is 1. The number of carbonyl (C=O) groups is 1. The fourth-order valence-corrected chi connectivity index (χ4v) is 4.16. The number of morpholine rings is 1. The lowest BCUT2D eigenvalue weighted by molar-refractivity contribution is 0.0730. The van der Waals surface area contributed by atoms with Crippen LogP contribution in [0.4, 0.5) is 5.69 Å². The van der Waals surface area contributed by atoms with Crippen LogP contribution < -0.4 is 5.32 Å². The number of aryl methyl sites for hydroxylation is 2. The first-order valence-corrected chi connectivity index (χ1v) is 9.89. The third kappa shape index (κ3) is 3.79. The molecule has 1 aliphatic heterocycles. The Hall–Kier alpha value is -2.23. The molecule has 0 bridgehead atoms. The Morgan fingerprint density at radius 1 is 1.23 bits per heavy atom. The maximum absolute atomic E-state index is 12.6. The summed E-state index contributed by atoms with van der Waals surface area (Å²) in [6.07, 6.45) is 1.70. The maximum Gasteiger partial charge on any atom is 0.259 e. The van der Waals surface area contributed by atoms with E-state index in [2.05, 4.69) is 10.4 Å². The number of ether oxygens (including phenoxy) is 1. The molecule has 1 saturated heterocycles. The highest BCUT2D eigenvalue weighted by Gasteiger charge is 2.26. The summed E-state index contributed by atoms with van der Waals surface area (Å²) in [6, 6.07) is 6.18. The molecule has 0 radical (unpaired) electrons. The molecule has 0 atom stereocenters. The highest BCUT2D eigenvalue weighted by atomic mass is 32.2. The van der Waals surface area contributed by atoms with Crippen LogP contribution in [0.25, 0.3) is 0 Å². The Labute approximate surface area is 152 Å². The minimum atomic E-state index is -3.54. The molecule has 8 nitrogen and oxygen atoms in total. The molecule has 1 N–H and O–H groups in total. The van der Waals surface area contributed by atoms with Gasteiger partial charge in [-0.1, -0.05) is 0 Å². The second-order valence-electron chi connectivity index (χ2n) is 5.98. The van der Waals surface area contributed by atoms with Crippen molar-refractivity contribution in [2.24, 2.45) is 0 Å². The number of hydrogen-bond acceptors (Lipinski definition) is 5. The molecular formula is C17H22N4O4S. The minimum absolute atomic E-state index is 0.201. The van der Waals surface area contributed by atoms with Crippen molar-refractivity contribution in [1.29, 1.82) is 0 Å². The zero-order chi connectivity index (χ0) is 18.7. The summed E-state index contributed by atoms with van der Waals surface area (Å²) in [5.74, 6) is -0.272. The number of anilines is 1. The highest BCUT2D eigenvalue weighted by Crippen LogP contribution is 2.20. The smallest absolute Gasteiger partial charge is 0.259 e. The molecular weight excluding hydrogens is 356 g/mol. The van der Waals surface area contributed by atoms with Gasteiger partial charge in [0.25, 0.3) is 5.91 Å². The predicted octanol–water partition coefficient (Wildman–Crippen LogP) is 1.48. The van der Waals surface area contributed by atoms with E-state index in [1.54, 1.807) is 29.9 Å². The molecule has 1 fully saturated rings. The van der Waals surface area contributed by atoms with Crippen molar-refractivity contribution < 1.29 is 17.9 Å². The van der Waals surface area contributed by atoms with Gasteiger partial charge in [0.15, 0.2) is 0 Å². The standard InChI is InChI=1S/C17H22N4O4S/c1-3-20-12-16(13(2)19-20)17(22)18-14-4-6-15(7-5-14)26(23,24)21-8-10-25-11-9-21/h4-7,12H,3,8-11H2,1-2H3,(H,18,22). The summed E-state index contributed by atoms with van der Waals surface area (Å²) in [4.78, 5) is 12.6. The maximum atomic E-state index is 12.6. The van der Waals surface area contributed by atoms with Crippen LogP contribution in [0.15, 0.2) is 35.4 Å². The molecule has 2 heterocycles. The molecule has 0 saturated carbocycles. The summed E-state index contributed by atoms with van der Waals surface area (Å²) in [7, 11) is -3.54. The van der Waals surface area contributed by atoms with Crippen LogP contribution in [0.5, 0.6) is 0 Å². The van der Waals surface area contributed by atoms with Gasteiger partial charge in [-0.15, -0.1) is 0 Å². The zero-order valence-corrected chi connectivity index (χ0v) is 15.6. The largest absolute Gasteiger partial charge is 0.379 e. The van der Waals surface area contributed by atoms with Gasteiger partial charge < -0.3 is 10.1 Å². The number of benzene rings is 1. The first kappa shape index (κ1) is 18.6. The van der Waals surface area contributed by atoms with Crippen LogP contribution >= 0.6 is 0 Å². The van der Waals surface area contributed by atoms with Crippen molar-refractivity contribution in [3.05, 3.63) is 41.7 Å². The van der Waals surface area contributed by atoms with E-state index in [4.69, 9.17) is 4.74 Å². The molecule has 0 spiro atoms. The summed E-state index contributed by atoms with van der Waals surface area (Å²) >= 11 is 0. The third-order valence-corrected chi connectivity index (χ3v) is 6.15. The average molecular weight is 378 g/mol. The fourth-order valence-electron chi connectivity index (χ4n) is 2.75. The number of aromatic nitrogens is 2. The molecule has 0 aliphatic carbocycles. The topological polar surface area (TPSA) is 93.5 Å². The van der Waals surface area contributed by atoms with Gasteiger partial charge in [0.2, 0.25) is 10.0 Å². The number of carbonyl (C=O) groups excluding carboxylic acids is 1. The molecule has 1 aliphatic rings. The first-order valence-electron chi connectivity index (χ1n) is 8.45. The minimum Gasteiger partial charge on any atom is -0.379 e. The van der Waals surface area contributed by atoms with E-state index in [9.17, 15) is 13.2 Å². The van der Waals surface area contributed by atoms with Gasteiger partial charge in [0.05, 0.1) is 29.4 Å². The highest BCUT2D eigenvalue weighted by molar-refractivity contribution is 7.89. The average Bonchev–Trinajstić information content (AvgIpc) is 3.04. The van der Waals surface area contributed by atoms with Gasteiger partial charge >= 0.3 is 0 Å². The predicted molar refractivity (Wildman–Crippen MR) is 96.6 cm³/mol. The Bertz CT molecular complexity index is 884. The summed E-state index contributed by atoms with van der Waals surface area (Å²) in [5, 5.41) is 7.02. The van der Waals surface area contributed by atoms with Crippen molar-refractivity contribution in [1.82, 2.24) is 14.1 Å². The van der Waals surface area contributed by atoms with Gasteiger partial charge in [0.1, 0.15) is 0 Å². The lowest BCUT2D eigenvalue weighted by Gasteiger charge is -2.26. The van der Waals surface area contributed by atoms with E-state index in [-0.39, 0.29) is 10.8 Å². The van der Waals surface area contributed by atoms with Crippen molar-refractivity contribution >= 4 is 21.6 Å². The van der Waals surface area contributed by atoms with Crippen molar-refractivity contribution in [3.8, 4) is 0 Å². The van der Waals surface area contributed by atoms with E-state index >= 15 is 0 Å². The van der Waals surface area contributed by atoms with Crippen LogP contribution in [-0.4, -0.2) is 54.7 Å². The third-order valence-electron chi connectivity index (χ3n) is 4.23. The summed E-state index contributed by atoms with van der Waals surface area (Å²) in [6.45, 7) is 5.91. The van der Waals surface area contributed by atoms with E-state index in [0.29, 0.717) is 49.8 Å². The quantitative estimate of drug-likeness (QED) is 0.851. The number of rotatable bonds is 5. The Balaban J connectivity index is 1.73. The van der Waals surface area contributed by atoms with Crippen molar-refractivity contribution in [2.45, 2.75) is 25.3 Å². The van der Waals surface area contributed by atoms with Gasteiger partial charge in [-0.2, -0.15) is 9.40 Å². The van der Waals surface area contributed by atoms with Crippen LogP contribution in [0.3, 0.4) is 0 Å². The summed E-state index contributed by atoms with van der Waals surface area (Å²) < 4.78 is 33.5. The van der Waals surface area contributed by atoms with Crippen molar-refractivity contribution in [3.63, 3.8) is 0 Å². The lowest BCUT2D eigenvalue weighted by Crippen LogP contribution is -2.40. The van der Waals surface area contributed by atoms with E-state index in [0.717, 1.165) is 0 Å². The van der Waals surface area contributed by atoms with Crippen LogP contribution in [0.2, 0.25) is 0 Å². The second kappa shape index (κ2) is 7.56. The number of hydrogen-bond donors (Lipinski definition) is 1. The molecule has 0 unspecified atom stereocenters. The Kier molecular flexibility index (Phi) is 5.40. The molecule has 1 aromatic heterocycles. The van der Waals surface area contributed by atoms with E-state index < -0.39 is 10.0 Å². The normalized spacial score (nSPS) is 15.8. The van der Waals surface area contributed by atoms with Gasteiger partial charge in [-0.3, -0.25) is 9.48 Å². The molecule has 1 aromatic carbocycles. The van der Waals surface area contributed by atoms with Gasteiger partial charge in [0, 0.05) is 31.5 Å². The Morgan fingerprint density at radius 2 is 1.88 bits per heavy atom. The molecule has 3 rings (SSSR count). The second-order valence-corrected chi connectivity index (χ2v) is 7.92. The van der Waals surface area contributed by atoms with Crippen LogP contribution in [-0.2, 0) is 21.3 Å². The molecule has 2 aromatic rings. The number of nitrogens with zero attached hydrogens (tertiary/aromatic N) is 3. The van der Waals surface area contributed by atoms with Crippen LogP contribution in [0, 0.1) is 6.92 Å². The van der Waals surface area contributed by atoms with Crippen LogP contribution in [0.1, 0.15) is 23.0 Å². The molecule has 9 heteroatoms. The molecule has 1 amide bonds. The summed E-state index contributed by atoms with van der Waals surface area (Å²) in [5.41, 5.74) is 1.67.